The maximum absolute atomic E-state index is 11.8. The minimum Gasteiger partial charge on any atom is -0.464 e. The van der Waals surface area contributed by atoms with Crippen LogP contribution in [0, 0.1) is 0 Å². The third-order valence-corrected chi connectivity index (χ3v) is 2.68. The van der Waals surface area contributed by atoms with Gasteiger partial charge in [-0.25, -0.2) is 4.98 Å². The fourth-order valence-electron chi connectivity index (χ4n) is 1.68. The summed E-state index contributed by atoms with van der Waals surface area (Å²) in [5.41, 5.74) is 0.758. The fourth-order valence-corrected chi connectivity index (χ4v) is 1.68. The molecule has 2 heterocycles. The van der Waals surface area contributed by atoms with Gasteiger partial charge < -0.3 is 15.1 Å². The number of nitrogens with zero attached hydrogens (tertiary/aromatic N) is 1. The van der Waals surface area contributed by atoms with E-state index in [1.54, 1.807) is 18.5 Å². The number of fused-ring (bicyclic) bond motifs is 1. The van der Waals surface area contributed by atoms with E-state index < -0.39 is 0 Å². The number of carbonyl (C=O) groups excluding carboxylic acids is 1. The first kappa shape index (κ1) is 12.4. The van der Waals surface area contributed by atoms with Crippen molar-refractivity contribution in [2.45, 2.75) is 26.3 Å². The van der Waals surface area contributed by atoms with Gasteiger partial charge in [-0.1, -0.05) is 6.92 Å². The van der Waals surface area contributed by atoms with Gasteiger partial charge in [0.25, 0.3) is 0 Å². The van der Waals surface area contributed by atoms with Crippen LogP contribution in [0.3, 0.4) is 0 Å². The highest BCUT2D eigenvalue weighted by Gasteiger charge is 2.14. The van der Waals surface area contributed by atoms with Crippen LogP contribution >= 0.6 is 0 Å². The van der Waals surface area contributed by atoms with E-state index in [0.717, 1.165) is 17.4 Å². The number of furan rings is 1. The third kappa shape index (κ3) is 2.61. The van der Waals surface area contributed by atoms with Gasteiger partial charge in [0, 0.05) is 12.7 Å². The second-order valence-corrected chi connectivity index (χ2v) is 4.15. The summed E-state index contributed by atoms with van der Waals surface area (Å²) in [5, 5.41) is 6.82. The molecule has 5 nitrogen and oxygen atoms in total. The minimum absolute atomic E-state index is 0.0286. The van der Waals surface area contributed by atoms with Crippen LogP contribution in [0.25, 0.3) is 11.0 Å². The summed E-state index contributed by atoms with van der Waals surface area (Å²) in [6, 6.07) is 3.30. The standard InChI is InChI=1S/C13H17N3O2/c1-3-6-15-13(17)9(2)16-12-10-5-8-18-11(10)4-7-14-12/h4-5,7-9H,3,6H2,1-2H3,(H,14,16)(H,15,17). The Morgan fingerprint density at radius 3 is 3.11 bits per heavy atom. The Balaban J connectivity index is 2.09. The zero-order valence-electron chi connectivity index (χ0n) is 10.6. The van der Waals surface area contributed by atoms with Gasteiger partial charge in [-0.05, 0) is 25.5 Å². The summed E-state index contributed by atoms with van der Waals surface area (Å²) in [6.07, 6.45) is 4.19. The van der Waals surface area contributed by atoms with Gasteiger partial charge >= 0.3 is 0 Å². The molecule has 0 bridgehead atoms. The van der Waals surface area contributed by atoms with E-state index >= 15 is 0 Å². The van der Waals surface area contributed by atoms with Crippen LogP contribution in [-0.4, -0.2) is 23.5 Å². The summed E-state index contributed by atoms with van der Waals surface area (Å²) in [5.74, 6) is 0.638. The molecule has 5 heteroatoms. The number of aromatic nitrogens is 1. The quantitative estimate of drug-likeness (QED) is 0.849. The molecule has 1 atom stereocenters. The van der Waals surface area contributed by atoms with Crippen LogP contribution in [0.5, 0.6) is 0 Å². The van der Waals surface area contributed by atoms with Crippen LogP contribution in [0.15, 0.2) is 29.0 Å². The predicted octanol–water partition coefficient (Wildman–Crippen LogP) is 2.15. The van der Waals surface area contributed by atoms with Gasteiger partial charge in [0.05, 0.1) is 11.6 Å². The van der Waals surface area contributed by atoms with Gasteiger partial charge in [0.1, 0.15) is 17.4 Å². The van der Waals surface area contributed by atoms with Gasteiger partial charge in [-0.15, -0.1) is 0 Å². The Morgan fingerprint density at radius 2 is 2.33 bits per heavy atom. The van der Waals surface area contributed by atoms with E-state index in [1.807, 2.05) is 19.9 Å². The molecule has 0 aliphatic rings. The second kappa shape index (κ2) is 5.53. The fraction of sp³-hybridized carbons (Fsp3) is 0.385. The highest BCUT2D eigenvalue weighted by atomic mass is 16.3. The SMILES string of the molecule is CCCNC(=O)C(C)Nc1nccc2occc12. The van der Waals surface area contributed by atoms with E-state index in [0.29, 0.717) is 12.4 Å². The molecule has 2 N–H and O–H groups in total. The lowest BCUT2D eigenvalue weighted by atomic mass is 10.2. The van der Waals surface area contributed by atoms with E-state index in [4.69, 9.17) is 4.42 Å². The van der Waals surface area contributed by atoms with Crippen molar-refractivity contribution in [2.24, 2.45) is 0 Å². The van der Waals surface area contributed by atoms with E-state index in [1.165, 1.54) is 0 Å². The molecular formula is C13H17N3O2. The van der Waals surface area contributed by atoms with Crippen LogP contribution in [-0.2, 0) is 4.79 Å². The first-order valence-electron chi connectivity index (χ1n) is 6.09. The molecule has 0 fully saturated rings. The van der Waals surface area contributed by atoms with Crippen molar-refractivity contribution in [3.05, 3.63) is 24.6 Å². The van der Waals surface area contributed by atoms with Crippen molar-refractivity contribution in [3.63, 3.8) is 0 Å². The molecule has 1 unspecified atom stereocenters. The Bertz CT molecular complexity index is 536. The minimum atomic E-state index is -0.329. The first-order chi connectivity index (χ1) is 8.72. The molecule has 0 saturated carbocycles. The third-order valence-electron chi connectivity index (χ3n) is 2.68. The molecule has 0 aromatic carbocycles. The molecule has 0 aliphatic heterocycles. The normalized spacial score (nSPS) is 12.3. The van der Waals surface area contributed by atoms with Crippen molar-refractivity contribution < 1.29 is 9.21 Å². The number of nitrogens with one attached hydrogen (secondary N) is 2. The summed E-state index contributed by atoms with van der Waals surface area (Å²) >= 11 is 0. The number of anilines is 1. The Kier molecular flexibility index (Phi) is 3.82. The lowest BCUT2D eigenvalue weighted by molar-refractivity contribution is -0.121. The lowest BCUT2D eigenvalue weighted by Crippen LogP contribution is -2.38. The molecule has 18 heavy (non-hydrogen) atoms. The van der Waals surface area contributed by atoms with Crippen molar-refractivity contribution >= 4 is 22.7 Å². The summed E-state index contributed by atoms with van der Waals surface area (Å²) in [6.45, 7) is 4.52. The Hall–Kier alpha value is -2.04. The zero-order chi connectivity index (χ0) is 13.0. The average Bonchev–Trinajstić information content (AvgIpc) is 2.85. The van der Waals surface area contributed by atoms with E-state index in [2.05, 4.69) is 15.6 Å². The number of hydrogen-bond acceptors (Lipinski definition) is 4. The maximum Gasteiger partial charge on any atom is 0.242 e. The van der Waals surface area contributed by atoms with Gasteiger partial charge in [0.15, 0.2) is 0 Å². The molecular weight excluding hydrogens is 230 g/mol. The maximum atomic E-state index is 11.8. The van der Waals surface area contributed by atoms with Crippen molar-refractivity contribution in [2.75, 3.05) is 11.9 Å². The van der Waals surface area contributed by atoms with Gasteiger partial charge in [0.2, 0.25) is 5.91 Å². The van der Waals surface area contributed by atoms with Crippen molar-refractivity contribution in [3.8, 4) is 0 Å². The molecule has 96 valence electrons. The van der Waals surface area contributed by atoms with Gasteiger partial charge in [-0.3, -0.25) is 4.79 Å². The van der Waals surface area contributed by atoms with E-state index in [-0.39, 0.29) is 11.9 Å². The van der Waals surface area contributed by atoms with Crippen molar-refractivity contribution in [1.82, 2.24) is 10.3 Å². The molecule has 0 radical (unpaired) electrons. The van der Waals surface area contributed by atoms with Crippen LogP contribution in [0.1, 0.15) is 20.3 Å². The van der Waals surface area contributed by atoms with Gasteiger partial charge in [-0.2, -0.15) is 0 Å². The summed E-state index contributed by atoms with van der Waals surface area (Å²) in [7, 11) is 0. The average molecular weight is 247 g/mol. The molecule has 2 rings (SSSR count). The molecule has 0 saturated heterocycles. The number of amides is 1. The van der Waals surface area contributed by atoms with Crippen molar-refractivity contribution in [1.29, 1.82) is 0 Å². The first-order valence-corrected chi connectivity index (χ1v) is 6.09. The lowest BCUT2D eigenvalue weighted by Gasteiger charge is -2.14. The zero-order valence-corrected chi connectivity index (χ0v) is 10.6. The van der Waals surface area contributed by atoms with E-state index in [9.17, 15) is 4.79 Å². The second-order valence-electron chi connectivity index (χ2n) is 4.15. The number of rotatable bonds is 5. The molecule has 0 aliphatic carbocycles. The topological polar surface area (TPSA) is 67.2 Å². The molecule has 2 aromatic heterocycles. The molecule has 1 amide bonds. The highest BCUT2D eigenvalue weighted by Crippen LogP contribution is 2.22. The smallest absolute Gasteiger partial charge is 0.242 e. The number of carbonyl (C=O) groups is 1. The van der Waals surface area contributed by atoms with Crippen LogP contribution in [0.2, 0.25) is 0 Å². The number of pyridine rings is 1. The number of hydrogen-bond donors (Lipinski definition) is 2. The summed E-state index contributed by atoms with van der Waals surface area (Å²) < 4.78 is 5.28. The molecule has 2 aromatic rings. The largest absolute Gasteiger partial charge is 0.464 e. The molecule has 0 spiro atoms. The Morgan fingerprint density at radius 1 is 1.50 bits per heavy atom. The Labute approximate surface area is 106 Å². The van der Waals surface area contributed by atoms with Crippen LogP contribution in [0.4, 0.5) is 5.82 Å². The summed E-state index contributed by atoms with van der Waals surface area (Å²) in [4.78, 5) is 16.0. The highest BCUT2D eigenvalue weighted by molar-refractivity contribution is 5.91. The monoisotopic (exact) mass is 247 g/mol. The predicted molar refractivity (Wildman–Crippen MR) is 70.4 cm³/mol. The van der Waals surface area contributed by atoms with Crippen LogP contribution < -0.4 is 10.6 Å².